The summed E-state index contributed by atoms with van der Waals surface area (Å²) in [6.45, 7) is 0. The lowest BCUT2D eigenvalue weighted by atomic mass is 10.1. The van der Waals surface area contributed by atoms with Crippen LogP contribution in [0.2, 0.25) is 0 Å². The van der Waals surface area contributed by atoms with Gasteiger partial charge in [-0.2, -0.15) is 0 Å². The Morgan fingerprint density at radius 1 is 1.36 bits per heavy atom. The van der Waals surface area contributed by atoms with Gasteiger partial charge in [0.25, 0.3) is 5.91 Å². The minimum Gasteiger partial charge on any atom is -0.355 e. The Bertz CT molecular complexity index is 485. The van der Waals surface area contributed by atoms with Gasteiger partial charge in [-0.25, -0.2) is 0 Å². The normalized spacial score (nSPS) is 10.4. The summed E-state index contributed by atoms with van der Waals surface area (Å²) < 4.78 is 2.00. The lowest BCUT2D eigenvalue weighted by molar-refractivity contribution is 0.0965. The highest BCUT2D eigenvalue weighted by molar-refractivity contribution is 6.06. The lowest BCUT2D eigenvalue weighted by Crippen LogP contribution is -2.17. The average molecular weight is 188 g/mol. The average Bonchev–Trinajstić information content (AvgIpc) is 2.59. The summed E-state index contributed by atoms with van der Waals surface area (Å²) in [5, 5.41) is 3.63. The van der Waals surface area contributed by atoms with E-state index >= 15 is 0 Å². The molecule has 0 aliphatic rings. The first kappa shape index (κ1) is 8.81. The number of fused-ring (bicyclic) bond motifs is 1. The van der Waals surface area contributed by atoms with Crippen LogP contribution in [-0.4, -0.2) is 17.5 Å². The third-order valence-electron chi connectivity index (χ3n) is 2.40. The Morgan fingerprint density at radius 3 is 2.86 bits per heavy atom. The molecule has 3 nitrogen and oxygen atoms in total. The van der Waals surface area contributed by atoms with Crippen LogP contribution < -0.4 is 5.32 Å². The summed E-state index contributed by atoms with van der Waals surface area (Å²) in [4.78, 5) is 11.5. The predicted octanol–water partition coefficient (Wildman–Crippen LogP) is 1.54. The first-order chi connectivity index (χ1) is 6.74. The van der Waals surface area contributed by atoms with Crippen LogP contribution in [0.15, 0.2) is 30.5 Å². The van der Waals surface area contributed by atoms with Gasteiger partial charge in [0.15, 0.2) is 0 Å². The van der Waals surface area contributed by atoms with Crippen molar-refractivity contribution in [1.29, 1.82) is 0 Å². The summed E-state index contributed by atoms with van der Waals surface area (Å²) in [5.41, 5.74) is 1.80. The van der Waals surface area contributed by atoms with Crippen molar-refractivity contribution in [1.82, 2.24) is 9.88 Å². The number of nitrogens with zero attached hydrogens (tertiary/aromatic N) is 1. The number of benzene rings is 1. The van der Waals surface area contributed by atoms with Crippen LogP contribution in [0, 0.1) is 0 Å². The largest absolute Gasteiger partial charge is 0.355 e. The van der Waals surface area contributed by atoms with Crippen molar-refractivity contribution in [2.45, 2.75) is 0 Å². The number of hydrogen-bond donors (Lipinski definition) is 1. The highest BCUT2D eigenvalue weighted by atomic mass is 16.1. The molecule has 0 saturated carbocycles. The van der Waals surface area contributed by atoms with E-state index in [0.29, 0.717) is 0 Å². The molecular formula is C11H12N2O. The molecule has 3 heteroatoms. The number of aromatic nitrogens is 1. The van der Waals surface area contributed by atoms with Crippen LogP contribution in [0.25, 0.3) is 10.9 Å². The minimum atomic E-state index is -0.0400. The minimum absolute atomic E-state index is 0.0400. The molecule has 0 aliphatic carbocycles. The summed E-state index contributed by atoms with van der Waals surface area (Å²) in [6.07, 6.45) is 1.96. The standard InChI is InChI=1S/C11H12N2O/c1-12-11(14)9-4-3-5-10-8(9)6-7-13(10)2/h3-7H,1-2H3,(H,12,14). The fraction of sp³-hybridized carbons (Fsp3) is 0.182. The molecule has 1 aromatic carbocycles. The predicted molar refractivity (Wildman–Crippen MR) is 56.3 cm³/mol. The number of aryl methyl sites for hydroxylation is 1. The smallest absolute Gasteiger partial charge is 0.251 e. The number of carbonyl (C=O) groups is 1. The highest BCUT2D eigenvalue weighted by Crippen LogP contribution is 2.18. The van der Waals surface area contributed by atoms with E-state index in [0.717, 1.165) is 16.5 Å². The summed E-state index contributed by atoms with van der Waals surface area (Å²) in [6, 6.07) is 7.69. The Labute approximate surface area is 82.3 Å². The third kappa shape index (κ3) is 1.18. The molecule has 0 radical (unpaired) electrons. The first-order valence-corrected chi connectivity index (χ1v) is 4.50. The van der Waals surface area contributed by atoms with Gasteiger partial charge >= 0.3 is 0 Å². The number of rotatable bonds is 1. The van der Waals surface area contributed by atoms with E-state index in [4.69, 9.17) is 0 Å². The van der Waals surface area contributed by atoms with Crippen molar-refractivity contribution in [3.63, 3.8) is 0 Å². The van der Waals surface area contributed by atoms with Gasteiger partial charge in [-0.05, 0) is 18.2 Å². The van der Waals surface area contributed by atoms with Crippen molar-refractivity contribution in [3.05, 3.63) is 36.0 Å². The van der Waals surface area contributed by atoms with Gasteiger partial charge in [-0.3, -0.25) is 4.79 Å². The maximum absolute atomic E-state index is 11.5. The first-order valence-electron chi connectivity index (χ1n) is 4.50. The van der Waals surface area contributed by atoms with Crippen LogP contribution in [0.5, 0.6) is 0 Å². The molecule has 1 heterocycles. The fourth-order valence-corrected chi connectivity index (χ4v) is 1.64. The fourth-order valence-electron chi connectivity index (χ4n) is 1.64. The summed E-state index contributed by atoms with van der Waals surface area (Å²) >= 11 is 0. The molecule has 14 heavy (non-hydrogen) atoms. The second-order valence-corrected chi connectivity index (χ2v) is 3.24. The summed E-state index contributed by atoms with van der Waals surface area (Å²) in [5.74, 6) is -0.0400. The van der Waals surface area contributed by atoms with Crippen LogP contribution in [0.3, 0.4) is 0 Å². The van der Waals surface area contributed by atoms with Gasteiger partial charge in [0, 0.05) is 36.8 Å². The Balaban J connectivity index is 2.71. The van der Waals surface area contributed by atoms with Gasteiger partial charge in [0.2, 0.25) is 0 Å². The van der Waals surface area contributed by atoms with E-state index in [-0.39, 0.29) is 5.91 Å². The van der Waals surface area contributed by atoms with Crippen molar-refractivity contribution in [2.24, 2.45) is 7.05 Å². The second-order valence-electron chi connectivity index (χ2n) is 3.24. The molecule has 0 fully saturated rings. The Morgan fingerprint density at radius 2 is 2.14 bits per heavy atom. The Hall–Kier alpha value is -1.77. The zero-order valence-corrected chi connectivity index (χ0v) is 8.24. The summed E-state index contributed by atoms with van der Waals surface area (Å²) in [7, 11) is 3.61. The van der Waals surface area contributed by atoms with Crippen LogP contribution in [0.4, 0.5) is 0 Å². The van der Waals surface area contributed by atoms with Gasteiger partial charge in [-0.15, -0.1) is 0 Å². The highest BCUT2D eigenvalue weighted by Gasteiger charge is 2.08. The number of carbonyl (C=O) groups excluding carboxylic acids is 1. The third-order valence-corrected chi connectivity index (χ3v) is 2.40. The van der Waals surface area contributed by atoms with Crippen molar-refractivity contribution in [2.75, 3.05) is 7.05 Å². The molecule has 1 aromatic heterocycles. The van der Waals surface area contributed by atoms with Crippen molar-refractivity contribution < 1.29 is 4.79 Å². The topological polar surface area (TPSA) is 34.0 Å². The molecule has 1 N–H and O–H groups in total. The van der Waals surface area contributed by atoms with E-state index < -0.39 is 0 Å². The van der Waals surface area contributed by atoms with Gasteiger partial charge in [0.1, 0.15) is 0 Å². The zero-order valence-electron chi connectivity index (χ0n) is 8.24. The zero-order chi connectivity index (χ0) is 10.1. The van der Waals surface area contributed by atoms with E-state index in [1.165, 1.54) is 0 Å². The molecule has 0 unspecified atom stereocenters. The molecular weight excluding hydrogens is 176 g/mol. The van der Waals surface area contributed by atoms with Crippen molar-refractivity contribution in [3.8, 4) is 0 Å². The molecule has 0 atom stereocenters. The van der Waals surface area contributed by atoms with Crippen molar-refractivity contribution >= 4 is 16.8 Å². The molecule has 0 aliphatic heterocycles. The van der Waals surface area contributed by atoms with E-state index in [1.807, 2.05) is 42.1 Å². The van der Waals surface area contributed by atoms with Crippen LogP contribution in [0.1, 0.15) is 10.4 Å². The molecule has 72 valence electrons. The number of amides is 1. The molecule has 0 saturated heterocycles. The maximum Gasteiger partial charge on any atom is 0.251 e. The lowest BCUT2D eigenvalue weighted by Gasteiger charge is -2.02. The van der Waals surface area contributed by atoms with Crippen LogP contribution in [-0.2, 0) is 7.05 Å². The van der Waals surface area contributed by atoms with E-state index in [9.17, 15) is 4.79 Å². The number of hydrogen-bond acceptors (Lipinski definition) is 1. The SMILES string of the molecule is CNC(=O)c1cccc2c1ccn2C. The molecule has 1 amide bonds. The molecule has 2 aromatic rings. The molecule has 0 bridgehead atoms. The van der Waals surface area contributed by atoms with Gasteiger partial charge < -0.3 is 9.88 Å². The molecule has 0 spiro atoms. The monoisotopic (exact) mass is 188 g/mol. The maximum atomic E-state index is 11.5. The van der Waals surface area contributed by atoms with E-state index in [1.54, 1.807) is 7.05 Å². The Kier molecular flexibility index (Phi) is 2.00. The second kappa shape index (κ2) is 3.18. The molecule has 2 rings (SSSR count). The number of nitrogens with one attached hydrogen (secondary N) is 1. The van der Waals surface area contributed by atoms with E-state index in [2.05, 4.69) is 5.32 Å². The van der Waals surface area contributed by atoms with Gasteiger partial charge in [-0.1, -0.05) is 6.07 Å². The van der Waals surface area contributed by atoms with Gasteiger partial charge in [0.05, 0.1) is 0 Å². The quantitative estimate of drug-likeness (QED) is 0.723. The van der Waals surface area contributed by atoms with Crippen LogP contribution >= 0.6 is 0 Å².